The minimum absolute atomic E-state index is 0.264. The summed E-state index contributed by atoms with van der Waals surface area (Å²) in [6.45, 7) is 5.12. The summed E-state index contributed by atoms with van der Waals surface area (Å²) in [4.78, 5) is 22.2. The van der Waals surface area contributed by atoms with Crippen LogP contribution in [0.15, 0.2) is 65.3 Å². The number of fused-ring (bicyclic) bond motifs is 1. The molecule has 0 saturated carbocycles. The van der Waals surface area contributed by atoms with Crippen molar-refractivity contribution >= 4 is 34.0 Å². The van der Waals surface area contributed by atoms with Gasteiger partial charge >= 0.3 is 0 Å². The Morgan fingerprint density at radius 2 is 1.70 bits per heavy atom. The van der Waals surface area contributed by atoms with Crippen LogP contribution >= 0.6 is 0 Å². The standard InChI is InChI=1S/C25H25N5O3/c1-17-15-23(28-33-17)27-25(31)20-16-26-24(19-8-4-3-7-18(19)20)30-13-11-29(12-14-30)21-9-5-6-10-22(21)32-2/h3-10,15-16H,11-14H2,1-2H3,(H,27,28,31). The number of amides is 1. The van der Waals surface area contributed by atoms with Gasteiger partial charge in [0.25, 0.3) is 5.91 Å². The first kappa shape index (κ1) is 20.8. The van der Waals surface area contributed by atoms with Gasteiger partial charge in [-0.15, -0.1) is 0 Å². The Kier molecular flexibility index (Phi) is 5.56. The lowest BCUT2D eigenvalue weighted by atomic mass is 10.1. The normalized spacial score (nSPS) is 13.9. The largest absolute Gasteiger partial charge is 0.495 e. The van der Waals surface area contributed by atoms with E-state index in [1.807, 2.05) is 42.5 Å². The molecule has 2 aromatic carbocycles. The average molecular weight is 444 g/mol. The predicted molar refractivity (Wildman–Crippen MR) is 128 cm³/mol. The van der Waals surface area contributed by atoms with Crippen LogP contribution in [-0.4, -0.2) is 49.3 Å². The number of hydrogen-bond donors (Lipinski definition) is 1. The molecule has 0 unspecified atom stereocenters. The number of piperazine rings is 1. The van der Waals surface area contributed by atoms with E-state index >= 15 is 0 Å². The Morgan fingerprint density at radius 1 is 1.00 bits per heavy atom. The highest BCUT2D eigenvalue weighted by Gasteiger charge is 2.23. The maximum atomic E-state index is 12.9. The number of para-hydroxylation sites is 2. The van der Waals surface area contributed by atoms with E-state index in [0.29, 0.717) is 17.1 Å². The van der Waals surface area contributed by atoms with Crippen molar-refractivity contribution in [3.05, 3.63) is 72.1 Å². The van der Waals surface area contributed by atoms with Crippen LogP contribution in [0.1, 0.15) is 16.1 Å². The van der Waals surface area contributed by atoms with E-state index in [9.17, 15) is 4.79 Å². The van der Waals surface area contributed by atoms with Gasteiger partial charge in [-0.2, -0.15) is 0 Å². The second kappa shape index (κ2) is 8.82. The van der Waals surface area contributed by atoms with Crippen molar-refractivity contribution in [1.29, 1.82) is 0 Å². The van der Waals surface area contributed by atoms with Crippen LogP contribution in [0.25, 0.3) is 10.8 Å². The number of carbonyl (C=O) groups excluding carboxylic acids is 1. The Balaban J connectivity index is 1.39. The van der Waals surface area contributed by atoms with Gasteiger partial charge in [-0.25, -0.2) is 4.98 Å². The number of ether oxygens (including phenoxy) is 1. The third kappa shape index (κ3) is 4.07. The molecule has 0 bridgehead atoms. The first-order valence-corrected chi connectivity index (χ1v) is 10.9. The molecule has 5 rings (SSSR count). The molecule has 3 heterocycles. The topological polar surface area (TPSA) is 83.7 Å². The first-order chi connectivity index (χ1) is 16.1. The van der Waals surface area contributed by atoms with Crippen LogP contribution in [0.2, 0.25) is 0 Å². The minimum atomic E-state index is -0.264. The summed E-state index contributed by atoms with van der Waals surface area (Å²) in [7, 11) is 1.70. The van der Waals surface area contributed by atoms with Crippen LogP contribution in [0, 0.1) is 6.92 Å². The molecular weight excluding hydrogens is 418 g/mol. The van der Waals surface area contributed by atoms with Crippen molar-refractivity contribution in [3.63, 3.8) is 0 Å². The number of rotatable bonds is 5. The first-order valence-electron chi connectivity index (χ1n) is 10.9. The van der Waals surface area contributed by atoms with Gasteiger partial charge in [-0.3, -0.25) is 4.79 Å². The average Bonchev–Trinajstić information content (AvgIpc) is 3.27. The zero-order chi connectivity index (χ0) is 22.8. The zero-order valence-corrected chi connectivity index (χ0v) is 18.6. The molecule has 168 valence electrons. The van der Waals surface area contributed by atoms with Gasteiger partial charge in [0.1, 0.15) is 17.3 Å². The SMILES string of the molecule is COc1ccccc1N1CCN(c2ncc(C(=O)Nc3cc(C)on3)c3ccccc23)CC1. The molecule has 0 aliphatic carbocycles. The number of anilines is 3. The summed E-state index contributed by atoms with van der Waals surface area (Å²) >= 11 is 0. The highest BCUT2D eigenvalue weighted by molar-refractivity contribution is 6.14. The molecule has 1 aliphatic heterocycles. The van der Waals surface area contributed by atoms with E-state index in [-0.39, 0.29) is 5.91 Å². The number of hydrogen-bond acceptors (Lipinski definition) is 7. The lowest BCUT2D eigenvalue weighted by Crippen LogP contribution is -2.47. The minimum Gasteiger partial charge on any atom is -0.495 e. The highest BCUT2D eigenvalue weighted by atomic mass is 16.5. The maximum absolute atomic E-state index is 12.9. The van der Waals surface area contributed by atoms with Gasteiger partial charge in [-0.05, 0) is 24.4 Å². The van der Waals surface area contributed by atoms with Gasteiger partial charge in [-0.1, -0.05) is 41.6 Å². The Morgan fingerprint density at radius 3 is 2.42 bits per heavy atom. The van der Waals surface area contributed by atoms with Crippen LogP contribution in [-0.2, 0) is 0 Å². The fraction of sp³-hybridized carbons (Fsp3) is 0.240. The number of carbonyl (C=O) groups is 1. The maximum Gasteiger partial charge on any atom is 0.259 e. The molecule has 0 atom stereocenters. The van der Waals surface area contributed by atoms with Crippen LogP contribution in [0.3, 0.4) is 0 Å². The van der Waals surface area contributed by atoms with Crippen LogP contribution in [0.4, 0.5) is 17.3 Å². The third-order valence-corrected chi connectivity index (χ3v) is 5.89. The molecule has 1 fully saturated rings. The Hall–Kier alpha value is -4.07. The predicted octanol–water partition coefficient (Wildman–Crippen LogP) is 4.12. The molecule has 1 amide bonds. The number of benzene rings is 2. The molecule has 4 aromatic rings. The van der Waals surface area contributed by atoms with Gasteiger partial charge in [0.2, 0.25) is 0 Å². The van der Waals surface area contributed by atoms with Gasteiger partial charge in [0.15, 0.2) is 5.82 Å². The summed E-state index contributed by atoms with van der Waals surface area (Å²) in [5, 5.41) is 8.44. The monoisotopic (exact) mass is 443 g/mol. The summed E-state index contributed by atoms with van der Waals surface area (Å²) in [6, 6.07) is 17.6. The van der Waals surface area contributed by atoms with E-state index in [1.165, 1.54) is 0 Å². The van der Waals surface area contributed by atoms with Crippen molar-refractivity contribution in [2.45, 2.75) is 6.92 Å². The number of nitrogens with one attached hydrogen (secondary N) is 1. The number of aromatic nitrogens is 2. The van der Waals surface area contributed by atoms with Gasteiger partial charge in [0, 0.05) is 43.8 Å². The summed E-state index contributed by atoms with van der Waals surface area (Å²) in [5.41, 5.74) is 1.61. The summed E-state index contributed by atoms with van der Waals surface area (Å²) in [6.07, 6.45) is 1.65. The number of methoxy groups -OCH3 is 1. The van der Waals surface area contributed by atoms with E-state index in [1.54, 1.807) is 26.3 Å². The second-order valence-corrected chi connectivity index (χ2v) is 7.96. The lowest BCUT2D eigenvalue weighted by molar-refractivity contribution is 0.102. The molecule has 1 N–H and O–H groups in total. The molecule has 33 heavy (non-hydrogen) atoms. The van der Waals surface area contributed by atoms with E-state index in [0.717, 1.165) is 54.2 Å². The van der Waals surface area contributed by atoms with E-state index < -0.39 is 0 Å². The summed E-state index contributed by atoms with van der Waals surface area (Å²) < 4.78 is 10.6. The number of nitrogens with zero attached hydrogens (tertiary/aromatic N) is 4. The molecule has 8 heteroatoms. The van der Waals surface area contributed by atoms with Crippen LogP contribution in [0.5, 0.6) is 5.75 Å². The van der Waals surface area contributed by atoms with E-state index in [4.69, 9.17) is 14.2 Å². The fourth-order valence-corrected chi connectivity index (χ4v) is 4.27. The number of aryl methyl sites for hydroxylation is 1. The van der Waals surface area contributed by atoms with Gasteiger partial charge in [0.05, 0.1) is 18.4 Å². The van der Waals surface area contributed by atoms with Gasteiger partial charge < -0.3 is 24.4 Å². The molecule has 8 nitrogen and oxygen atoms in total. The van der Waals surface area contributed by atoms with Crippen molar-refractivity contribution < 1.29 is 14.1 Å². The Bertz CT molecular complexity index is 1290. The van der Waals surface area contributed by atoms with Crippen LogP contribution < -0.4 is 19.9 Å². The summed E-state index contributed by atoms with van der Waals surface area (Å²) in [5.74, 6) is 2.53. The Labute approximate surface area is 191 Å². The zero-order valence-electron chi connectivity index (χ0n) is 18.6. The molecular formula is C25H25N5O3. The molecule has 2 aromatic heterocycles. The fourth-order valence-electron chi connectivity index (χ4n) is 4.27. The second-order valence-electron chi connectivity index (χ2n) is 7.96. The third-order valence-electron chi connectivity index (χ3n) is 5.89. The molecule has 1 aliphatic rings. The van der Waals surface area contributed by atoms with Crippen molar-refractivity contribution in [2.24, 2.45) is 0 Å². The van der Waals surface area contributed by atoms with E-state index in [2.05, 4.69) is 26.3 Å². The van der Waals surface area contributed by atoms with Crippen molar-refractivity contribution in [1.82, 2.24) is 10.1 Å². The highest BCUT2D eigenvalue weighted by Crippen LogP contribution is 2.31. The number of pyridine rings is 1. The van der Waals surface area contributed by atoms with Crippen molar-refractivity contribution in [3.8, 4) is 5.75 Å². The molecule has 1 saturated heterocycles. The lowest BCUT2D eigenvalue weighted by Gasteiger charge is -2.37. The molecule has 0 spiro atoms. The van der Waals surface area contributed by atoms with Crippen molar-refractivity contribution in [2.75, 3.05) is 48.4 Å². The molecule has 0 radical (unpaired) electrons. The quantitative estimate of drug-likeness (QED) is 0.497. The smallest absolute Gasteiger partial charge is 0.259 e.